The van der Waals surface area contributed by atoms with E-state index in [1.165, 1.54) is 0 Å². The molecule has 3 nitrogen and oxygen atoms in total. The van der Waals surface area contributed by atoms with Crippen LogP contribution in [0.1, 0.15) is 23.7 Å². The number of ether oxygens (including phenoxy) is 1. The summed E-state index contributed by atoms with van der Waals surface area (Å²) in [4.78, 5) is 8.25. The van der Waals surface area contributed by atoms with Gasteiger partial charge in [0.2, 0.25) is 0 Å². The lowest BCUT2D eigenvalue weighted by molar-refractivity contribution is 0.194. The van der Waals surface area contributed by atoms with Crippen LogP contribution in [-0.4, -0.2) is 23.2 Å². The molecule has 0 amide bonds. The second-order valence-corrected chi connectivity index (χ2v) is 3.58. The molecule has 1 atom stereocenters. The molecule has 70 valence electrons. The number of halogens is 1. The smallest absolute Gasteiger partial charge is 0.136 e. The summed E-state index contributed by atoms with van der Waals surface area (Å²) in [5.41, 5.74) is 1.02. The zero-order chi connectivity index (χ0) is 9.26. The molecule has 1 aliphatic heterocycles. The van der Waals surface area contributed by atoms with Crippen LogP contribution in [0.15, 0.2) is 6.20 Å². The summed E-state index contributed by atoms with van der Waals surface area (Å²) in [7, 11) is 0. The average Bonchev–Trinajstić information content (AvgIpc) is 2.56. The van der Waals surface area contributed by atoms with E-state index in [0.717, 1.165) is 25.2 Å². The van der Waals surface area contributed by atoms with Crippen molar-refractivity contribution < 1.29 is 4.74 Å². The van der Waals surface area contributed by atoms with E-state index < -0.39 is 0 Å². The fraction of sp³-hybridized carbons (Fsp3) is 0.556. The average molecular weight is 199 g/mol. The summed E-state index contributed by atoms with van der Waals surface area (Å²) in [5, 5.41) is 0.572. The lowest BCUT2D eigenvalue weighted by atomic mass is 10.0. The van der Waals surface area contributed by atoms with Crippen molar-refractivity contribution >= 4 is 11.6 Å². The van der Waals surface area contributed by atoms with Crippen LogP contribution in [0, 0.1) is 6.92 Å². The van der Waals surface area contributed by atoms with Gasteiger partial charge in [0.05, 0.1) is 6.61 Å². The van der Waals surface area contributed by atoms with Crippen molar-refractivity contribution in [3.05, 3.63) is 22.7 Å². The summed E-state index contributed by atoms with van der Waals surface area (Å²) < 4.78 is 5.28. The van der Waals surface area contributed by atoms with E-state index in [2.05, 4.69) is 9.97 Å². The highest BCUT2D eigenvalue weighted by Gasteiger charge is 2.21. The molecule has 2 rings (SSSR count). The molecule has 0 spiro atoms. The number of nitrogens with zero attached hydrogens (tertiary/aromatic N) is 2. The first kappa shape index (κ1) is 8.91. The highest BCUT2D eigenvalue weighted by molar-refractivity contribution is 6.30. The van der Waals surface area contributed by atoms with E-state index in [4.69, 9.17) is 16.3 Å². The standard InChI is InChI=1S/C9H11ClN2O/c1-6-11-4-8(9(10)12-6)7-2-3-13-5-7/h4,7H,2-3,5H2,1H3. The molecule has 0 N–H and O–H groups in total. The van der Waals surface area contributed by atoms with Gasteiger partial charge in [-0.15, -0.1) is 0 Å². The largest absolute Gasteiger partial charge is 0.381 e. The van der Waals surface area contributed by atoms with E-state index in [1.807, 2.05) is 13.1 Å². The molecular weight excluding hydrogens is 188 g/mol. The Balaban J connectivity index is 2.29. The molecule has 1 unspecified atom stereocenters. The third-order valence-electron chi connectivity index (χ3n) is 2.26. The van der Waals surface area contributed by atoms with Crippen LogP contribution < -0.4 is 0 Å². The van der Waals surface area contributed by atoms with Crippen LogP contribution in [0.2, 0.25) is 5.15 Å². The van der Waals surface area contributed by atoms with E-state index in [1.54, 1.807) is 0 Å². The van der Waals surface area contributed by atoms with Crippen LogP contribution in [0.4, 0.5) is 0 Å². The topological polar surface area (TPSA) is 35.0 Å². The zero-order valence-electron chi connectivity index (χ0n) is 7.46. The predicted octanol–water partition coefficient (Wildman–Crippen LogP) is 1.94. The molecule has 0 aromatic carbocycles. The van der Waals surface area contributed by atoms with Gasteiger partial charge in [-0.25, -0.2) is 9.97 Å². The molecule has 0 radical (unpaired) electrons. The number of hydrogen-bond acceptors (Lipinski definition) is 3. The van der Waals surface area contributed by atoms with Crippen molar-refractivity contribution in [3.63, 3.8) is 0 Å². The Morgan fingerprint density at radius 1 is 1.62 bits per heavy atom. The van der Waals surface area contributed by atoms with Gasteiger partial charge < -0.3 is 4.74 Å². The summed E-state index contributed by atoms with van der Waals surface area (Å²) in [5.74, 6) is 1.10. The van der Waals surface area contributed by atoms with E-state index in [9.17, 15) is 0 Å². The monoisotopic (exact) mass is 198 g/mol. The normalized spacial score (nSPS) is 22.2. The summed E-state index contributed by atoms with van der Waals surface area (Å²) in [6.07, 6.45) is 2.83. The molecular formula is C9H11ClN2O. The van der Waals surface area contributed by atoms with Crippen molar-refractivity contribution in [1.29, 1.82) is 0 Å². The van der Waals surface area contributed by atoms with Gasteiger partial charge in [0.1, 0.15) is 11.0 Å². The van der Waals surface area contributed by atoms with Crippen LogP contribution in [-0.2, 0) is 4.74 Å². The fourth-order valence-electron chi connectivity index (χ4n) is 1.51. The molecule has 0 bridgehead atoms. The van der Waals surface area contributed by atoms with Gasteiger partial charge in [-0.2, -0.15) is 0 Å². The Morgan fingerprint density at radius 2 is 2.46 bits per heavy atom. The molecule has 1 fully saturated rings. The van der Waals surface area contributed by atoms with Crippen LogP contribution in [0.25, 0.3) is 0 Å². The summed E-state index contributed by atoms with van der Waals surface area (Å²) >= 11 is 6.00. The second-order valence-electron chi connectivity index (χ2n) is 3.22. The maximum Gasteiger partial charge on any atom is 0.136 e. The van der Waals surface area contributed by atoms with E-state index in [-0.39, 0.29) is 0 Å². The van der Waals surface area contributed by atoms with E-state index >= 15 is 0 Å². The first-order valence-corrected chi connectivity index (χ1v) is 4.72. The highest BCUT2D eigenvalue weighted by atomic mass is 35.5. The Hall–Kier alpha value is -0.670. The van der Waals surface area contributed by atoms with Crippen molar-refractivity contribution in [1.82, 2.24) is 9.97 Å². The number of rotatable bonds is 1. The van der Waals surface area contributed by atoms with Gasteiger partial charge in [0, 0.05) is 24.3 Å². The van der Waals surface area contributed by atoms with Crippen LogP contribution >= 0.6 is 11.6 Å². The first-order chi connectivity index (χ1) is 6.27. The Labute approximate surface area is 82.1 Å². The highest BCUT2D eigenvalue weighted by Crippen LogP contribution is 2.28. The predicted molar refractivity (Wildman–Crippen MR) is 50.0 cm³/mol. The fourth-order valence-corrected chi connectivity index (χ4v) is 1.83. The molecule has 1 saturated heterocycles. The molecule has 0 saturated carbocycles. The maximum atomic E-state index is 6.00. The second kappa shape index (κ2) is 3.60. The Morgan fingerprint density at radius 3 is 3.08 bits per heavy atom. The number of aromatic nitrogens is 2. The molecule has 1 aliphatic rings. The lowest BCUT2D eigenvalue weighted by Crippen LogP contribution is -2.02. The Bertz CT molecular complexity index is 310. The van der Waals surface area contributed by atoms with Gasteiger partial charge >= 0.3 is 0 Å². The van der Waals surface area contributed by atoms with Gasteiger partial charge in [-0.3, -0.25) is 0 Å². The van der Waals surface area contributed by atoms with Gasteiger partial charge in [-0.05, 0) is 13.3 Å². The van der Waals surface area contributed by atoms with Gasteiger partial charge in [0.15, 0.2) is 0 Å². The van der Waals surface area contributed by atoms with E-state index in [0.29, 0.717) is 16.9 Å². The van der Waals surface area contributed by atoms with Gasteiger partial charge in [-0.1, -0.05) is 11.6 Å². The third-order valence-corrected chi connectivity index (χ3v) is 2.56. The number of aryl methyl sites for hydroxylation is 1. The maximum absolute atomic E-state index is 6.00. The minimum atomic E-state index is 0.382. The molecule has 1 aromatic heterocycles. The first-order valence-electron chi connectivity index (χ1n) is 4.34. The van der Waals surface area contributed by atoms with Crippen molar-refractivity contribution in [3.8, 4) is 0 Å². The van der Waals surface area contributed by atoms with Crippen molar-refractivity contribution in [2.45, 2.75) is 19.3 Å². The number of hydrogen-bond donors (Lipinski definition) is 0. The minimum absolute atomic E-state index is 0.382. The molecule has 0 aliphatic carbocycles. The van der Waals surface area contributed by atoms with Crippen LogP contribution in [0.5, 0.6) is 0 Å². The van der Waals surface area contributed by atoms with Gasteiger partial charge in [0.25, 0.3) is 0 Å². The molecule has 13 heavy (non-hydrogen) atoms. The van der Waals surface area contributed by atoms with Crippen molar-refractivity contribution in [2.24, 2.45) is 0 Å². The SMILES string of the molecule is Cc1ncc(C2CCOC2)c(Cl)n1. The quantitative estimate of drug-likeness (QED) is 0.647. The van der Waals surface area contributed by atoms with Crippen molar-refractivity contribution in [2.75, 3.05) is 13.2 Å². The molecule has 4 heteroatoms. The lowest BCUT2D eigenvalue weighted by Gasteiger charge is -2.08. The Kier molecular flexibility index (Phi) is 2.47. The summed E-state index contributed by atoms with van der Waals surface area (Å²) in [6, 6.07) is 0. The third kappa shape index (κ3) is 1.81. The molecule has 2 heterocycles. The molecule has 1 aromatic rings. The zero-order valence-corrected chi connectivity index (χ0v) is 8.21. The minimum Gasteiger partial charge on any atom is -0.381 e. The van der Waals surface area contributed by atoms with Crippen LogP contribution in [0.3, 0.4) is 0 Å². The summed E-state index contributed by atoms with van der Waals surface area (Å²) in [6.45, 7) is 3.39.